The summed E-state index contributed by atoms with van der Waals surface area (Å²) in [6, 6.07) is 0. The summed E-state index contributed by atoms with van der Waals surface area (Å²) < 4.78 is 70.5. The van der Waals surface area contributed by atoms with E-state index in [1.807, 2.05) is 0 Å². The molecule has 126 valence electrons. The number of nitrogens with zero attached hydrogens (tertiary/aromatic N) is 1. The minimum atomic E-state index is -4.68. The second-order valence-corrected chi connectivity index (χ2v) is 4.06. The van der Waals surface area contributed by atoms with Crippen molar-refractivity contribution in [3.63, 3.8) is 0 Å². The zero-order valence-electron chi connectivity index (χ0n) is 11.4. The molecule has 1 rings (SSSR count). The summed E-state index contributed by atoms with van der Waals surface area (Å²) in [5.41, 5.74) is 0. The highest BCUT2D eigenvalue weighted by atomic mass is 19.4. The molecular weight excluding hydrogens is 309 g/mol. The van der Waals surface area contributed by atoms with Crippen molar-refractivity contribution < 1.29 is 45.9 Å². The maximum atomic E-state index is 12.1. The highest BCUT2D eigenvalue weighted by molar-refractivity contribution is 4.99. The number of rotatable bonds is 10. The van der Waals surface area contributed by atoms with Crippen molar-refractivity contribution in [2.45, 2.75) is 37.8 Å². The van der Waals surface area contributed by atoms with Crippen molar-refractivity contribution in [1.29, 1.82) is 0 Å². The summed E-state index contributed by atoms with van der Waals surface area (Å²) >= 11 is 0. The molecule has 1 aliphatic carbocycles. The Kier molecular flexibility index (Phi) is 6.69. The van der Waals surface area contributed by atoms with Crippen LogP contribution in [0.3, 0.4) is 0 Å². The average Bonchev–Trinajstić information content (AvgIpc) is 3.05. The normalized spacial score (nSPS) is 25.9. The van der Waals surface area contributed by atoms with Crippen LogP contribution in [0.5, 0.6) is 0 Å². The Morgan fingerprint density at radius 3 is 2.38 bits per heavy atom. The van der Waals surface area contributed by atoms with Crippen molar-refractivity contribution in [3.05, 3.63) is 0 Å². The lowest BCUT2D eigenvalue weighted by Crippen LogP contribution is -2.38. The highest BCUT2D eigenvalue weighted by Gasteiger charge is 2.61. The van der Waals surface area contributed by atoms with Gasteiger partial charge in [-0.3, -0.25) is 0 Å². The van der Waals surface area contributed by atoms with Gasteiger partial charge in [-0.2, -0.15) is 13.2 Å². The molecule has 0 spiro atoms. The molecule has 6 nitrogen and oxygen atoms in total. The third-order valence-electron chi connectivity index (χ3n) is 2.34. The maximum absolute atomic E-state index is 12.1. The number of hydrogen-bond acceptors (Lipinski definition) is 6. The van der Waals surface area contributed by atoms with Gasteiger partial charge in [0.05, 0.1) is 5.39 Å². The van der Waals surface area contributed by atoms with Crippen LogP contribution >= 0.6 is 0 Å². The number of methoxy groups -OCH3 is 1. The molecule has 0 radical (unpaired) electrons. The number of hydrogen-bond donors (Lipinski definition) is 0. The summed E-state index contributed by atoms with van der Waals surface area (Å²) in [4.78, 5) is 13.4. The van der Waals surface area contributed by atoms with E-state index in [2.05, 4.69) is 9.68 Å². The van der Waals surface area contributed by atoms with E-state index >= 15 is 0 Å². The number of halogens is 5. The van der Waals surface area contributed by atoms with Gasteiger partial charge in [-0.25, -0.2) is 23.3 Å². The Bertz CT molecular complexity index is 319. The van der Waals surface area contributed by atoms with Crippen LogP contribution in [0.4, 0.5) is 22.0 Å². The molecule has 1 aliphatic rings. The predicted molar refractivity (Wildman–Crippen MR) is 56.7 cm³/mol. The first-order valence-corrected chi connectivity index (χ1v) is 5.99. The van der Waals surface area contributed by atoms with Gasteiger partial charge in [0.2, 0.25) is 5.79 Å². The molecular formula is C10H16F5NO5. The summed E-state index contributed by atoms with van der Waals surface area (Å²) in [7, 11) is 1.34. The molecule has 0 aromatic heterocycles. The van der Waals surface area contributed by atoms with Crippen molar-refractivity contribution in [3.8, 4) is 0 Å². The summed E-state index contributed by atoms with van der Waals surface area (Å²) in [5.74, 6) is -1.41. The Balaban J connectivity index is 2.58. The first-order valence-electron chi connectivity index (χ1n) is 5.99. The van der Waals surface area contributed by atoms with E-state index in [1.165, 1.54) is 7.11 Å². The Morgan fingerprint density at radius 1 is 1.29 bits per heavy atom. The topological polar surface area (TPSA) is 49.4 Å². The van der Waals surface area contributed by atoms with E-state index in [0.29, 0.717) is 0 Å². The molecule has 0 heterocycles. The molecule has 0 N–H and O–H groups in total. The van der Waals surface area contributed by atoms with Crippen molar-refractivity contribution in [2.75, 3.05) is 26.9 Å². The van der Waals surface area contributed by atoms with E-state index in [-0.39, 0.29) is 18.4 Å². The fourth-order valence-corrected chi connectivity index (χ4v) is 1.44. The van der Waals surface area contributed by atoms with E-state index in [4.69, 9.17) is 14.3 Å². The number of alkyl halides is 5. The predicted octanol–water partition coefficient (Wildman–Crippen LogP) is 2.06. The lowest BCUT2D eigenvalue weighted by molar-refractivity contribution is -0.570. The van der Waals surface area contributed by atoms with Crippen LogP contribution in [-0.4, -0.2) is 56.8 Å². The third-order valence-corrected chi connectivity index (χ3v) is 2.34. The van der Waals surface area contributed by atoms with Crippen LogP contribution in [-0.2, 0) is 24.0 Å². The molecule has 1 saturated carbocycles. The van der Waals surface area contributed by atoms with Gasteiger partial charge in [-0.05, 0) is 6.92 Å². The van der Waals surface area contributed by atoms with E-state index < -0.39 is 37.7 Å². The maximum Gasteiger partial charge on any atom is 0.413 e. The molecule has 0 saturated heterocycles. The summed E-state index contributed by atoms with van der Waals surface area (Å²) in [5, 5.41) is -0.103. The molecule has 0 bridgehead atoms. The van der Waals surface area contributed by atoms with E-state index in [9.17, 15) is 22.0 Å². The third kappa shape index (κ3) is 6.36. The standard InChI is InChI=1S/C10H16F5NO5/c1-3-18-9(4-7(9)17-2)21-16(19-5-8(11)12)20-6-10(13,14)15/h7-8H,3-6H2,1-2H3. The quantitative estimate of drug-likeness (QED) is 0.348. The van der Waals surface area contributed by atoms with Crippen molar-refractivity contribution in [2.24, 2.45) is 0 Å². The first kappa shape index (κ1) is 18.5. The Labute approximate surface area is 117 Å². The fraction of sp³-hybridized carbons (Fsp3) is 1.00. The van der Waals surface area contributed by atoms with E-state index in [0.717, 1.165) is 0 Å². The van der Waals surface area contributed by atoms with Gasteiger partial charge >= 0.3 is 6.18 Å². The van der Waals surface area contributed by atoms with Crippen molar-refractivity contribution in [1.82, 2.24) is 5.39 Å². The molecule has 2 atom stereocenters. The highest BCUT2D eigenvalue weighted by Crippen LogP contribution is 2.44. The molecule has 0 aromatic rings. The molecule has 21 heavy (non-hydrogen) atoms. The largest absolute Gasteiger partial charge is 0.413 e. The minimum Gasteiger partial charge on any atom is -0.376 e. The average molecular weight is 325 g/mol. The molecule has 11 heteroatoms. The molecule has 0 aliphatic heterocycles. The molecule has 2 unspecified atom stereocenters. The fourth-order valence-electron chi connectivity index (χ4n) is 1.44. The first-order chi connectivity index (χ1) is 9.72. The second kappa shape index (κ2) is 7.61. The molecule has 0 amide bonds. The van der Waals surface area contributed by atoms with Gasteiger partial charge in [0.1, 0.15) is 12.7 Å². The molecule has 0 aromatic carbocycles. The van der Waals surface area contributed by atoms with E-state index in [1.54, 1.807) is 6.92 Å². The zero-order chi connectivity index (χ0) is 16.1. The van der Waals surface area contributed by atoms with Crippen molar-refractivity contribution >= 4 is 0 Å². The Morgan fingerprint density at radius 2 is 1.95 bits per heavy atom. The zero-order valence-corrected chi connectivity index (χ0v) is 11.4. The van der Waals surface area contributed by atoms with Gasteiger partial charge in [0, 0.05) is 20.1 Å². The SMILES string of the molecule is CCOC1(ON(OCC(F)F)OCC(F)(F)F)CC1OC. The van der Waals surface area contributed by atoms with Crippen LogP contribution in [0.1, 0.15) is 13.3 Å². The van der Waals surface area contributed by atoms with Gasteiger partial charge in [0.25, 0.3) is 6.43 Å². The lowest BCUT2D eigenvalue weighted by atomic mass is 10.6. The minimum absolute atomic E-state index is 0.103. The molecule has 1 fully saturated rings. The van der Waals surface area contributed by atoms with Crippen LogP contribution in [0.25, 0.3) is 0 Å². The number of ether oxygens (including phenoxy) is 2. The van der Waals surface area contributed by atoms with Crippen LogP contribution in [0.2, 0.25) is 0 Å². The second-order valence-electron chi connectivity index (χ2n) is 4.06. The monoisotopic (exact) mass is 325 g/mol. The summed E-state index contributed by atoms with van der Waals surface area (Å²) in [6.45, 7) is -1.17. The van der Waals surface area contributed by atoms with Gasteiger partial charge in [-0.1, -0.05) is 0 Å². The smallest absolute Gasteiger partial charge is 0.376 e. The lowest BCUT2D eigenvalue weighted by Gasteiger charge is -2.25. The Hall–Kier alpha value is -0.590. The van der Waals surface area contributed by atoms with Crippen LogP contribution in [0, 0.1) is 0 Å². The van der Waals surface area contributed by atoms with Gasteiger partial charge in [0.15, 0.2) is 6.61 Å². The van der Waals surface area contributed by atoms with Gasteiger partial charge in [-0.15, -0.1) is 0 Å². The summed E-state index contributed by atoms with van der Waals surface area (Å²) in [6.07, 6.45) is -7.96. The van der Waals surface area contributed by atoms with Crippen LogP contribution < -0.4 is 0 Å². The van der Waals surface area contributed by atoms with Crippen LogP contribution in [0.15, 0.2) is 0 Å². The van der Waals surface area contributed by atoms with Gasteiger partial charge < -0.3 is 9.47 Å².